The van der Waals surface area contributed by atoms with Crippen LogP contribution in [0, 0.1) is 0 Å². The lowest BCUT2D eigenvalue weighted by Gasteiger charge is -1.93. The zero-order valence-electron chi connectivity index (χ0n) is 11.3. The number of ether oxygens (including phenoxy) is 2. The zero-order chi connectivity index (χ0) is 14.4. The number of aliphatic hydroxyl groups is 2. The van der Waals surface area contributed by atoms with Crippen LogP contribution in [0.2, 0.25) is 0 Å². The van der Waals surface area contributed by atoms with Gasteiger partial charge in [-0.1, -0.05) is 6.92 Å². The Morgan fingerprint density at radius 2 is 2.06 bits per heavy atom. The summed E-state index contributed by atoms with van der Waals surface area (Å²) in [7, 11) is 0. The number of esters is 2. The summed E-state index contributed by atoms with van der Waals surface area (Å²) in [5, 5.41) is 16.0. The van der Waals surface area contributed by atoms with Crippen LogP contribution in [0.1, 0.15) is 40.0 Å². The molecule has 0 amide bonds. The largest absolute Gasteiger partial charge is 0.466 e. The minimum Gasteiger partial charge on any atom is -0.466 e. The van der Waals surface area contributed by atoms with E-state index in [4.69, 9.17) is 10.2 Å². The highest BCUT2D eigenvalue weighted by Gasteiger charge is 2.08. The van der Waals surface area contributed by atoms with Crippen LogP contribution in [0.15, 0.2) is 0 Å². The van der Waals surface area contributed by atoms with E-state index >= 15 is 0 Å². The first-order valence-corrected chi connectivity index (χ1v) is 6.08. The molecule has 1 fully saturated rings. The molecule has 6 heteroatoms. The Morgan fingerprint density at radius 3 is 2.17 bits per heavy atom. The third kappa shape index (κ3) is 17.3. The van der Waals surface area contributed by atoms with Gasteiger partial charge in [0.05, 0.1) is 25.9 Å². The molecule has 0 aromatic carbocycles. The van der Waals surface area contributed by atoms with E-state index in [1.807, 2.05) is 0 Å². The Kier molecular flexibility index (Phi) is 14.9. The Morgan fingerprint density at radius 1 is 1.50 bits per heavy atom. The Hall–Kier alpha value is -1.14. The second-order valence-electron chi connectivity index (χ2n) is 3.51. The van der Waals surface area contributed by atoms with E-state index in [1.54, 1.807) is 13.8 Å². The fraction of sp³-hybridized carbons (Fsp3) is 0.833. The predicted molar refractivity (Wildman–Crippen MR) is 65.9 cm³/mol. The zero-order valence-corrected chi connectivity index (χ0v) is 11.3. The first-order chi connectivity index (χ1) is 8.47. The monoisotopic (exact) mass is 264 g/mol. The maximum atomic E-state index is 10.2. The topological polar surface area (TPSA) is 93.1 Å². The number of rotatable bonds is 3. The molecule has 0 aromatic heterocycles. The van der Waals surface area contributed by atoms with E-state index in [2.05, 4.69) is 9.47 Å². The summed E-state index contributed by atoms with van der Waals surface area (Å²) in [6, 6.07) is 0. The number of carbonyl (C=O) groups is 2. The standard InChI is InChI=1S/C5H10O2.C4H6O2.C3H8O2/c1-3-5(6)7-4-2;5-4-2-1-3-6-4;1-3(5)2-4/h3-4H2,1-2H3;1-3H2;3-5H,2H2,1H3. The first-order valence-electron chi connectivity index (χ1n) is 6.08. The molecule has 2 N–H and O–H groups in total. The maximum Gasteiger partial charge on any atom is 0.305 e. The molecule has 1 atom stereocenters. The highest BCUT2D eigenvalue weighted by Crippen LogP contribution is 2.01. The average molecular weight is 264 g/mol. The van der Waals surface area contributed by atoms with Crippen molar-refractivity contribution in [1.29, 1.82) is 0 Å². The smallest absolute Gasteiger partial charge is 0.305 e. The van der Waals surface area contributed by atoms with Crippen molar-refractivity contribution in [2.24, 2.45) is 0 Å². The van der Waals surface area contributed by atoms with Crippen LogP contribution in [0.4, 0.5) is 0 Å². The van der Waals surface area contributed by atoms with Crippen molar-refractivity contribution in [3.63, 3.8) is 0 Å². The first kappa shape index (κ1) is 19.2. The van der Waals surface area contributed by atoms with Crippen LogP contribution in [-0.2, 0) is 19.1 Å². The van der Waals surface area contributed by atoms with E-state index < -0.39 is 6.10 Å². The number of carbonyl (C=O) groups excluding carboxylic acids is 2. The highest BCUT2D eigenvalue weighted by atomic mass is 16.5. The number of cyclic esters (lactones) is 1. The van der Waals surface area contributed by atoms with E-state index in [1.165, 1.54) is 6.92 Å². The predicted octanol–water partition coefficient (Wildman–Crippen LogP) is 0.642. The van der Waals surface area contributed by atoms with E-state index in [0.29, 0.717) is 26.1 Å². The second-order valence-corrected chi connectivity index (χ2v) is 3.51. The lowest BCUT2D eigenvalue weighted by Crippen LogP contribution is -2.03. The van der Waals surface area contributed by atoms with Gasteiger partial charge in [0.15, 0.2) is 0 Å². The molecule has 1 unspecified atom stereocenters. The minimum absolute atomic E-state index is 0.0463. The van der Waals surface area contributed by atoms with Crippen molar-refractivity contribution in [3.05, 3.63) is 0 Å². The van der Waals surface area contributed by atoms with Crippen LogP contribution < -0.4 is 0 Å². The van der Waals surface area contributed by atoms with Gasteiger partial charge >= 0.3 is 11.9 Å². The van der Waals surface area contributed by atoms with Gasteiger partial charge in [-0.15, -0.1) is 0 Å². The van der Waals surface area contributed by atoms with Crippen molar-refractivity contribution in [1.82, 2.24) is 0 Å². The SMILES string of the molecule is CC(O)CO.CCOC(=O)CC.O=C1CCCO1. The number of aliphatic hydroxyl groups excluding tert-OH is 2. The van der Waals surface area contributed by atoms with E-state index in [9.17, 15) is 9.59 Å². The van der Waals surface area contributed by atoms with Crippen molar-refractivity contribution in [3.8, 4) is 0 Å². The summed E-state index contributed by atoms with van der Waals surface area (Å²) in [6.07, 6.45) is 1.46. The Balaban J connectivity index is 0. The lowest BCUT2D eigenvalue weighted by molar-refractivity contribution is -0.142. The summed E-state index contributed by atoms with van der Waals surface area (Å²) in [5.41, 5.74) is 0. The Bertz CT molecular complexity index is 207. The summed E-state index contributed by atoms with van der Waals surface area (Å²) in [6.45, 7) is 6.09. The molecule has 0 radical (unpaired) electrons. The fourth-order valence-corrected chi connectivity index (χ4v) is 0.738. The molecule has 0 aromatic rings. The van der Waals surface area contributed by atoms with Gasteiger partial charge in [-0.3, -0.25) is 9.59 Å². The maximum absolute atomic E-state index is 10.2. The summed E-state index contributed by atoms with van der Waals surface area (Å²) >= 11 is 0. The fourth-order valence-electron chi connectivity index (χ4n) is 0.738. The molecule has 0 saturated carbocycles. The van der Waals surface area contributed by atoms with Gasteiger partial charge in [-0.2, -0.15) is 0 Å². The van der Waals surface area contributed by atoms with Gasteiger partial charge in [0.2, 0.25) is 0 Å². The van der Waals surface area contributed by atoms with E-state index in [0.717, 1.165) is 6.42 Å². The molecule has 1 heterocycles. The Labute approximate surface area is 108 Å². The summed E-state index contributed by atoms with van der Waals surface area (Å²) in [5.74, 6) is -0.169. The molecule has 0 bridgehead atoms. The molecular weight excluding hydrogens is 240 g/mol. The highest BCUT2D eigenvalue weighted by molar-refractivity contribution is 5.70. The summed E-state index contributed by atoms with van der Waals surface area (Å²) < 4.78 is 9.07. The molecule has 108 valence electrons. The van der Waals surface area contributed by atoms with Crippen molar-refractivity contribution >= 4 is 11.9 Å². The van der Waals surface area contributed by atoms with Crippen molar-refractivity contribution < 1.29 is 29.3 Å². The molecule has 1 rings (SSSR count). The van der Waals surface area contributed by atoms with Crippen LogP contribution in [0.3, 0.4) is 0 Å². The second kappa shape index (κ2) is 13.9. The van der Waals surface area contributed by atoms with E-state index in [-0.39, 0.29) is 18.5 Å². The molecular formula is C12H24O6. The molecule has 1 aliphatic heterocycles. The van der Waals surface area contributed by atoms with Crippen LogP contribution in [0.25, 0.3) is 0 Å². The number of hydrogen-bond acceptors (Lipinski definition) is 6. The van der Waals surface area contributed by atoms with Gasteiger partial charge in [0.25, 0.3) is 0 Å². The number of hydrogen-bond donors (Lipinski definition) is 2. The quantitative estimate of drug-likeness (QED) is 0.727. The molecule has 0 spiro atoms. The van der Waals surface area contributed by atoms with Gasteiger partial charge < -0.3 is 19.7 Å². The van der Waals surface area contributed by atoms with Gasteiger partial charge in [-0.05, 0) is 20.3 Å². The van der Waals surface area contributed by atoms with Crippen molar-refractivity contribution in [2.75, 3.05) is 19.8 Å². The van der Waals surface area contributed by atoms with Crippen LogP contribution in [-0.4, -0.2) is 48.1 Å². The molecule has 1 saturated heterocycles. The summed E-state index contributed by atoms with van der Waals surface area (Å²) in [4.78, 5) is 20.2. The molecule has 0 aliphatic carbocycles. The van der Waals surface area contributed by atoms with Crippen LogP contribution in [0.5, 0.6) is 0 Å². The van der Waals surface area contributed by atoms with Crippen LogP contribution >= 0.6 is 0 Å². The third-order valence-corrected chi connectivity index (χ3v) is 1.65. The van der Waals surface area contributed by atoms with Crippen molar-refractivity contribution in [2.45, 2.75) is 46.1 Å². The average Bonchev–Trinajstić information content (AvgIpc) is 2.82. The van der Waals surface area contributed by atoms with Gasteiger partial charge in [-0.25, -0.2) is 0 Å². The third-order valence-electron chi connectivity index (χ3n) is 1.65. The lowest BCUT2D eigenvalue weighted by atomic mass is 10.4. The normalized spacial score (nSPS) is 14.4. The molecule has 18 heavy (non-hydrogen) atoms. The molecule has 6 nitrogen and oxygen atoms in total. The molecule has 1 aliphatic rings. The minimum atomic E-state index is -0.560. The van der Waals surface area contributed by atoms with Gasteiger partial charge in [0.1, 0.15) is 0 Å². The van der Waals surface area contributed by atoms with Gasteiger partial charge in [0, 0.05) is 12.8 Å².